The van der Waals surface area contributed by atoms with Crippen LogP contribution in [-0.2, 0) is 20.9 Å². The highest BCUT2D eigenvalue weighted by Crippen LogP contribution is 2.12. The van der Waals surface area contributed by atoms with Crippen LogP contribution in [0.15, 0.2) is 30.3 Å². The molecule has 0 saturated heterocycles. The van der Waals surface area contributed by atoms with E-state index in [0.29, 0.717) is 6.42 Å². The molecule has 0 heterocycles. The largest absolute Gasteiger partial charge is 0.459 e. The van der Waals surface area contributed by atoms with Gasteiger partial charge in [0.25, 0.3) is 0 Å². The van der Waals surface area contributed by atoms with E-state index in [1.807, 2.05) is 30.3 Å². The molecule has 0 aliphatic carbocycles. The Morgan fingerprint density at radius 1 is 0.900 bits per heavy atom. The lowest BCUT2D eigenvalue weighted by atomic mass is 10.1. The van der Waals surface area contributed by atoms with Crippen LogP contribution in [0.5, 0.6) is 0 Å². The van der Waals surface area contributed by atoms with Crippen LogP contribution in [0.3, 0.4) is 0 Å². The van der Waals surface area contributed by atoms with Gasteiger partial charge in [0.15, 0.2) is 6.04 Å². The summed E-state index contributed by atoms with van der Waals surface area (Å²) < 4.78 is 5.25. The van der Waals surface area contributed by atoms with Gasteiger partial charge in [0.05, 0.1) is 6.10 Å². The maximum absolute atomic E-state index is 12.3. The summed E-state index contributed by atoms with van der Waals surface area (Å²) >= 11 is 0. The number of aliphatic hydroxyl groups excluding tert-OH is 1. The predicted octanol–water partition coefficient (Wildman–Crippen LogP) is 5.30. The topological polar surface area (TPSA) is 75.6 Å². The van der Waals surface area contributed by atoms with Gasteiger partial charge in [-0.25, -0.2) is 4.79 Å². The third-order valence-corrected chi connectivity index (χ3v) is 5.28. The summed E-state index contributed by atoms with van der Waals surface area (Å²) in [7, 11) is 0. The molecule has 0 aliphatic heterocycles. The van der Waals surface area contributed by atoms with Crippen molar-refractivity contribution in [2.75, 3.05) is 0 Å². The van der Waals surface area contributed by atoms with Crippen LogP contribution in [-0.4, -0.2) is 29.1 Å². The molecule has 5 nitrogen and oxygen atoms in total. The Kier molecular flexibility index (Phi) is 14.7. The van der Waals surface area contributed by atoms with Crippen molar-refractivity contribution in [1.82, 2.24) is 5.32 Å². The second-order valence-corrected chi connectivity index (χ2v) is 8.16. The van der Waals surface area contributed by atoms with E-state index in [0.717, 1.165) is 24.8 Å². The number of rotatable bonds is 17. The zero-order valence-corrected chi connectivity index (χ0v) is 18.9. The first-order valence-corrected chi connectivity index (χ1v) is 11.7. The average molecular weight is 420 g/mol. The number of hydrogen-bond donors (Lipinski definition) is 2. The molecular weight excluding hydrogens is 378 g/mol. The van der Waals surface area contributed by atoms with Gasteiger partial charge >= 0.3 is 5.97 Å². The minimum absolute atomic E-state index is 0.122. The number of esters is 1. The van der Waals surface area contributed by atoms with Gasteiger partial charge in [-0.2, -0.15) is 0 Å². The first-order chi connectivity index (χ1) is 14.5. The van der Waals surface area contributed by atoms with Gasteiger partial charge in [-0.1, -0.05) is 101 Å². The maximum Gasteiger partial charge on any atom is 0.331 e. The molecular formula is C25H41NO4. The van der Waals surface area contributed by atoms with Crippen LogP contribution in [0.4, 0.5) is 0 Å². The van der Waals surface area contributed by atoms with E-state index in [1.54, 1.807) is 0 Å². The number of amides is 1. The van der Waals surface area contributed by atoms with E-state index in [-0.39, 0.29) is 12.5 Å². The number of unbranched alkanes of at least 4 members (excludes halogenated alkanes) is 10. The predicted molar refractivity (Wildman–Crippen MR) is 121 cm³/mol. The van der Waals surface area contributed by atoms with E-state index >= 15 is 0 Å². The Hall–Kier alpha value is -1.88. The normalized spacial score (nSPS) is 12.9. The SMILES string of the molecule is CCCCCCCCCCCCCC(=O)N[C@H](C(=O)OCc1ccccc1)[C@@H](C)O. The smallest absolute Gasteiger partial charge is 0.331 e. The molecule has 1 aromatic rings. The fourth-order valence-corrected chi connectivity index (χ4v) is 3.39. The van der Waals surface area contributed by atoms with Crippen molar-refractivity contribution >= 4 is 11.9 Å². The summed E-state index contributed by atoms with van der Waals surface area (Å²) in [5.41, 5.74) is 0.863. The zero-order valence-electron chi connectivity index (χ0n) is 18.9. The van der Waals surface area contributed by atoms with Crippen molar-refractivity contribution in [3.63, 3.8) is 0 Å². The number of hydrogen-bond acceptors (Lipinski definition) is 4. The molecule has 0 aromatic heterocycles. The number of nitrogens with one attached hydrogen (secondary N) is 1. The molecule has 0 radical (unpaired) electrons. The zero-order chi connectivity index (χ0) is 22.0. The van der Waals surface area contributed by atoms with E-state index in [4.69, 9.17) is 4.74 Å². The molecule has 1 amide bonds. The van der Waals surface area contributed by atoms with E-state index in [9.17, 15) is 14.7 Å². The Bertz CT molecular complexity index is 574. The third kappa shape index (κ3) is 12.6. The van der Waals surface area contributed by atoms with Gasteiger partial charge in [0.2, 0.25) is 5.91 Å². The maximum atomic E-state index is 12.3. The fourth-order valence-electron chi connectivity index (χ4n) is 3.39. The molecule has 30 heavy (non-hydrogen) atoms. The first-order valence-electron chi connectivity index (χ1n) is 11.7. The lowest BCUT2D eigenvalue weighted by Gasteiger charge is -2.20. The van der Waals surface area contributed by atoms with Crippen molar-refractivity contribution in [3.05, 3.63) is 35.9 Å². The summed E-state index contributed by atoms with van der Waals surface area (Å²) in [6.07, 6.45) is 12.8. The number of aliphatic hydroxyl groups is 1. The van der Waals surface area contributed by atoms with Gasteiger partial charge in [0.1, 0.15) is 6.61 Å². The molecule has 1 aromatic carbocycles. The quantitative estimate of drug-likeness (QED) is 0.265. The molecule has 0 unspecified atom stereocenters. The van der Waals surface area contributed by atoms with Crippen molar-refractivity contribution < 1.29 is 19.4 Å². The van der Waals surface area contributed by atoms with Gasteiger partial charge in [-0.3, -0.25) is 4.79 Å². The fraction of sp³-hybridized carbons (Fsp3) is 0.680. The van der Waals surface area contributed by atoms with Crippen molar-refractivity contribution in [1.29, 1.82) is 0 Å². The van der Waals surface area contributed by atoms with Crippen LogP contribution in [0.1, 0.15) is 96.5 Å². The number of benzene rings is 1. The van der Waals surface area contributed by atoms with Crippen molar-refractivity contribution in [2.45, 2.75) is 110 Å². The van der Waals surface area contributed by atoms with E-state index in [1.165, 1.54) is 58.3 Å². The Balaban J connectivity index is 2.14. The summed E-state index contributed by atoms with van der Waals surface area (Å²) in [5, 5.41) is 12.5. The Morgan fingerprint density at radius 3 is 1.97 bits per heavy atom. The van der Waals surface area contributed by atoms with E-state index in [2.05, 4.69) is 12.2 Å². The standard InChI is InChI=1S/C25H41NO4/c1-3-4-5-6-7-8-9-10-11-12-16-19-23(28)26-24(21(2)27)25(29)30-20-22-17-14-13-15-18-22/h13-15,17-18,21,24,27H,3-12,16,19-20H2,1-2H3,(H,26,28)/t21-,24+/m1/s1. The van der Waals surface area contributed by atoms with Crippen LogP contribution in [0.25, 0.3) is 0 Å². The minimum atomic E-state index is -1.03. The van der Waals surface area contributed by atoms with Crippen LogP contribution in [0.2, 0.25) is 0 Å². The average Bonchev–Trinajstić information content (AvgIpc) is 2.74. The van der Waals surface area contributed by atoms with Crippen molar-refractivity contribution in [2.24, 2.45) is 0 Å². The van der Waals surface area contributed by atoms with Gasteiger partial charge < -0.3 is 15.2 Å². The summed E-state index contributed by atoms with van der Waals surface area (Å²) in [5.74, 6) is -0.824. The molecule has 5 heteroatoms. The number of carbonyl (C=O) groups excluding carboxylic acids is 2. The molecule has 2 N–H and O–H groups in total. The second-order valence-electron chi connectivity index (χ2n) is 8.16. The van der Waals surface area contributed by atoms with Crippen LogP contribution < -0.4 is 5.32 Å². The Morgan fingerprint density at radius 2 is 1.43 bits per heavy atom. The minimum Gasteiger partial charge on any atom is -0.459 e. The van der Waals surface area contributed by atoms with Crippen LogP contribution in [0, 0.1) is 0 Å². The molecule has 0 saturated carbocycles. The second kappa shape index (κ2) is 16.9. The molecule has 2 atom stereocenters. The third-order valence-electron chi connectivity index (χ3n) is 5.28. The highest BCUT2D eigenvalue weighted by atomic mass is 16.5. The number of carbonyl (C=O) groups is 2. The molecule has 170 valence electrons. The molecule has 0 spiro atoms. The highest BCUT2D eigenvalue weighted by molar-refractivity contribution is 5.84. The summed E-state index contributed by atoms with van der Waals surface area (Å²) in [6, 6.07) is 8.30. The highest BCUT2D eigenvalue weighted by Gasteiger charge is 2.26. The Labute approximate surface area is 182 Å². The summed E-state index contributed by atoms with van der Waals surface area (Å²) in [6.45, 7) is 3.84. The van der Waals surface area contributed by atoms with Gasteiger partial charge in [-0.05, 0) is 18.9 Å². The lowest BCUT2D eigenvalue weighted by Crippen LogP contribution is -2.48. The van der Waals surface area contributed by atoms with Gasteiger partial charge in [-0.15, -0.1) is 0 Å². The van der Waals surface area contributed by atoms with Crippen molar-refractivity contribution in [3.8, 4) is 0 Å². The first kappa shape index (κ1) is 26.2. The number of ether oxygens (including phenoxy) is 1. The van der Waals surface area contributed by atoms with Gasteiger partial charge in [0, 0.05) is 6.42 Å². The monoisotopic (exact) mass is 419 g/mol. The molecule has 0 fully saturated rings. The van der Waals surface area contributed by atoms with E-state index < -0.39 is 18.1 Å². The molecule has 0 aliphatic rings. The molecule has 1 rings (SSSR count). The lowest BCUT2D eigenvalue weighted by molar-refractivity contribution is -0.152. The molecule has 0 bridgehead atoms. The summed E-state index contributed by atoms with van der Waals surface area (Å²) in [4.78, 5) is 24.4. The van der Waals surface area contributed by atoms with Crippen LogP contribution >= 0.6 is 0 Å².